The van der Waals surface area contributed by atoms with Crippen LogP contribution < -0.4 is 16.6 Å². The van der Waals surface area contributed by atoms with Crippen molar-refractivity contribution >= 4 is 11.4 Å². The fraction of sp³-hybridized carbons (Fsp3) is 0.385. The van der Waals surface area contributed by atoms with Crippen LogP contribution in [0.15, 0.2) is 19.2 Å². The molecule has 0 atom stereocenters. The zero-order valence-electron chi connectivity index (χ0n) is 11.5. The van der Waals surface area contributed by atoms with E-state index >= 15 is 0 Å². The predicted molar refractivity (Wildman–Crippen MR) is 74.6 cm³/mol. The van der Waals surface area contributed by atoms with Gasteiger partial charge in [0.05, 0.1) is 17.8 Å². The minimum Gasteiger partial charge on any atom is -0.397 e. The van der Waals surface area contributed by atoms with Gasteiger partial charge in [-0.25, -0.2) is 14.6 Å². The van der Waals surface area contributed by atoms with E-state index in [2.05, 4.69) is 13.2 Å². The summed E-state index contributed by atoms with van der Waals surface area (Å²) < 4.78 is 27.1. The van der Waals surface area contributed by atoms with Gasteiger partial charge in [0.2, 0.25) is 0 Å². The molecule has 0 heterocycles. The minimum atomic E-state index is -1.14. The lowest BCUT2D eigenvalue weighted by Crippen LogP contribution is -2.44. The molecule has 1 aromatic rings. The highest BCUT2D eigenvalue weighted by Gasteiger charge is 2.23. The van der Waals surface area contributed by atoms with Gasteiger partial charge in [-0.3, -0.25) is 0 Å². The van der Waals surface area contributed by atoms with Crippen molar-refractivity contribution in [1.29, 1.82) is 0 Å². The maximum absolute atomic E-state index is 13.7. The number of rotatable bonds is 3. The molecule has 0 aromatic heterocycles. The first-order valence-electron chi connectivity index (χ1n) is 5.62. The van der Waals surface area contributed by atoms with Crippen molar-refractivity contribution in [2.24, 2.45) is 5.84 Å². The lowest BCUT2D eigenvalue weighted by Gasteiger charge is -2.28. The van der Waals surface area contributed by atoms with Gasteiger partial charge in [0.15, 0.2) is 11.6 Å². The van der Waals surface area contributed by atoms with E-state index in [9.17, 15) is 13.9 Å². The number of halogens is 2. The molecule has 108 valence electrons. The van der Waals surface area contributed by atoms with Crippen LogP contribution in [0.4, 0.5) is 20.2 Å². The van der Waals surface area contributed by atoms with Crippen molar-refractivity contribution in [3.8, 4) is 0 Å². The van der Waals surface area contributed by atoms with Crippen LogP contribution in [0.5, 0.6) is 0 Å². The van der Waals surface area contributed by atoms with Gasteiger partial charge < -0.3 is 15.8 Å². The van der Waals surface area contributed by atoms with Crippen LogP contribution in [0.3, 0.4) is 0 Å². The maximum Gasteiger partial charge on any atom is 0.185 e. The number of anilines is 2. The van der Waals surface area contributed by atoms with E-state index in [4.69, 9.17) is 11.6 Å². The van der Waals surface area contributed by atoms with Crippen LogP contribution in [0.2, 0.25) is 0 Å². The molecule has 19 heavy (non-hydrogen) atoms. The smallest absolute Gasteiger partial charge is 0.185 e. The first-order valence-corrected chi connectivity index (χ1v) is 5.62. The van der Waals surface area contributed by atoms with Crippen LogP contribution in [0.25, 0.3) is 0 Å². The molecule has 1 rings (SSSR count). The highest BCUT2D eigenvalue weighted by Crippen LogP contribution is 2.30. The van der Waals surface area contributed by atoms with Gasteiger partial charge in [-0.2, -0.15) is 0 Å². The predicted octanol–water partition coefficient (Wildman–Crippen LogP) is 2.11. The number of hydrogen-bond donors (Lipinski definition) is 3. The second-order valence-electron chi connectivity index (χ2n) is 4.70. The van der Waals surface area contributed by atoms with Crippen molar-refractivity contribution in [2.75, 3.05) is 17.3 Å². The van der Waals surface area contributed by atoms with E-state index in [0.717, 1.165) is 5.01 Å². The standard InChI is InChI=1S/C11H17F2N3O.C2H4/c1-6-4-7(14)10(9(13)8(6)12)16(15)5-11(2,3)17;1-2/h4,17H,5,14-15H2,1-3H3;1-2H2. The Labute approximate surface area is 112 Å². The number of aliphatic hydroxyl groups is 1. The van der Waals surface area contributed by atoms with E-state index in [1.165, 1.54) is 26.8 Å². The molecule has 0 saturated heterocycles. The highest BCUT2D eigenvalue weighted by molar-refractivity contribution is 5.69. The van der Waals surface area contributed by atoms with E-state index in [1.807, 2.05) is 0 Å². The number of aryl methyl sites for hydroxylation is 1. The Morgan fingerprint density at radius 1 is 1.32 bits per heavy atom. The maximum atomic E-state index is 13.7. The molecule has 0 aliphatic heterocycles. The van der Waals surface area contributed by atoms with Gasteiger partial charge >= 0.3 is 0 Å². The summed E-state index contributed by atoms with van der Waals surface area (Å²) in [6, 6.07) is 1.30. The van der Waals surface area contributed by atoms with Crippen molar-refractivity contribution in [3.63, 3.8) is 0 Å². The second-order valence-corrected chi connectivity index (χ2v) is 4.70. The average molecular weight is 273 g/mol. The van der Waals surface area contributed by atoms with Crippen molar-refractivity contribution in [2.45, 2.75) is 26.4 Å². The van der Waals surface area contributed by atoms with E-state index in [1.54, 1.807) is 0 Å². The molecule has 0 unspecified atom stereocenters. The molecule has 0 bridgehead atoms. The molecular formula is C13H21F2N3O. The van der Waals surface area contributed by atoms with Crippen molar-refractivity contribution < 1.29 is 13.9 Å². The van der Waals surface area contributed by atoms with Gasteiger partial charge in [-0.1, -0.05) is 0 Å². The third-order valence-electron chi connectivity index (χ3n) is 2.24. The molecule has 0 spiro atoms. The first kappa shape index (κ1) is 17.3. The molecule has 6 heteroatoms. The van der Waals surface area contributed by atoms with Crippen molar-refractivity contribution in [3.05, 3.63) is 36.4 Å². The third-order valence-corrected chi connectivity index (χ3v) is 2.24. The Morgan fingerprint density at radius 2 is 1.79 bits per heavy atom. The van der Waals surface area contributed by atoms with Gasteiger partial charge in [0.1, 0.15) is 5.69 Å². The lowest BCUT2D eigenvalue weighted by molar-refractivity contribution is 0.0872. The van der Waals surface area contributed by atoms with E-state index < -0.39 is 17.2 Å². The first-order chi connectivity index (χ1) is 8.63. The number of benzene rings is 1. The highest BCUT2D eigenvalue weighted by atomic mass is 19.2. The number of nitrogens with zero attached hydrogens (tertiary/aromatic N) is 1. The fourth-order valence-electron chi connectivity index (χ4n) is 1.56. The second kappa shape index (κ2) is 6.49. The SMILES string of the molecule is C=C.Cc1cc(N)c(N(N)CC(C)(C)O)c(F)c1F. The van der Waals surface area contributed by atoms with Crippen molar-refractivity contribution in [1.82, 2.24) is 0 Å². The summed E-state index contributed by atoms with van der Waals surface area (Å²) in [5.74, 6) is 3.50. The van der Waals surface area contributed by atoms with E-state index in [0.29, 0.717) is 0 Å². The Balaban J connectivity index is 0.00000154. The number of hydrogen-bond acceptors (Lipinski definition) is 4. The summed E-state index contributed by atoms with van der Waals surface area (Å²) in [7, 11) is 0. The van der Waals surface area contributed by atoms with Crippen LogP contribution in [-0.4, -0.2) is 17.3 Å². The number of hydrazine groups is 1. The monoisotopic (exact) mass is 273 g/mol. The topological polar surface area (TPSA) is 75.5 Å². The number of nitrogens with two attached hydrogens (primary N) is 2. The number of nitrogen functional groups attached to an aromatic ring is 1. The van der Waals surface area contributed by atoms with Crippen LogP contribution in [0, 0.1) is 18.6 Å². The molecule has 0 amide bonds. The molecule has 4 nitrogen and oxygen atoms in total. The molecular weight excluding hydrogens is 252 g/mol. The zero-order chi connectivity index (χ0) is 15.4. The molecule has 0 fully saturated rings. The molecule has 0 radical (unpaired) electrons. The lowest BCUT2D eigenvalue weighted by atomic mass is 10.1. The Morgan fingerprint density at radius 3 is 2.21 bits per heavy atom. The molecule has 0 aliphatic carbocycles. The summed E-state index contributed by atoms with van der Waals surface area (Å²) in [6.45, 7) is 10.4. The molecule has 0 saturated carbocycles. The van der Waals surface area contributed by atoms with Crippen LogP contribution in [0.1, 0.15) is 19.4 Å². The quantitative estimate of drug-likeness (QED) is 0.341. The fourth-order valence-corrected chi connectivity index (χ4v) is 1.56. The summed E-state index contributed by atoms with van der Waals surface area (Å²) in [5.41, 5.74) is 4.36. The van der Waals surface area contributed by atoms with Crippen LogP contribution >= 0.6 is 0 Å². The van der Waals surface area contributed by atoms with Gasteiger partial charge in [0.25, 0.3) is 0 Å². The third kappa shape index (κ3) is 4.50. The minimum absolute atomic E-state index is 0.0353. The van der Waals surface area contributed by atoms with E-state index in [-0.39, 0.29) is 23.5 Å². The van der Waals surface area contributed by atoms with Gasteiger partial charge in [-0.15, -0.1) is 13.2 Å². The summed E-state index contributed by atoms with van der Waals surface area (Å²) in [4.78, 5) is 0. The molecule has 1 aromatic carbocycles. The largest absolute Gasteiger partial charge is 0.397 e. The van der Waals surface area contributed by atoms with Crippen LogP contribution in [-0.2, 0) is 0 Å². The average Bonchev–Trinajstić information content (AvgIpc) is 2.26. The van der Waals surface area contributed by atoms with Gasteiger partial charge in [0, 0.05) is 0 Å². The summed E-state index contributed by atoms with van der Waals surface area (Å²) >= 11 is 0. The summed E-state index contributed by atoms with van der Waals surface area (Å²) in [5, 5.41) is 10.5. The summed E-state index contributed by atoms with van der Waals surface area (Å²) in [6.07, 6.45) is 0. The Hall–Kier alpha value is -1.66. The molecule has 0 aliphatic rings. The normalized spacial score (nSPS) is 10.7. The Bertz CT molecular complexity index is 444. The zero-order valence-corrected chi connectivity index (χ0v) is 11.5. The van der Waals surface area contributed by atoms with Gasteiger partial charge in [-0.05, 0) is 32.4 Å². The molecule has 5 N–H and O–H groups in total. The Kier molecular flexibility index (Phi) is 5.92.